The van der Waals surface area contributed by atoms with Crippen molar-refractivity contribution in [2.45, 2.75) is 30.9 Å². The molecule has 2 rings (SSSR count). The number of hydrogen-bond donors (Lipinski definition) is 0. The van der Waals surface area contributed by atoms with Crippen LogP contribution in [0.4, 0.5) is 4.39 Å². The van der Waals surface area contributed by atoms with E-state index in [-0.39, 0.29) is 5.82 Å². The third kappa shape index (κ3) is 3.84. The predicted octanol–water partition coefficient (Wildman–Crippen LogP) is 3.70. The zero-order valence-electron chi connectivity index (χ0n) is 10.4. The first kappa shape index (κ1) is 13.1. The van der Waals surface area contributed by atoms with Crippen LogP contribution in [0, 0.1) is 11.7 Å². The van der Waals surface area contributed by atoms with Crippen LogP contribution in [-0.2, 0) is 12.2 Å². The maximum Gasteiger partial charge on any atom is 0.237 e. The molecule has 5 heteroatoms. The summed E-state index contributed by atoms with van der Waals surface area (Å²) in [5.41, 5.74) is 0. The summed E-state index contributed by atoms with van der Waals surface area (Å²) >= 11 is 1.55. The Hall–Kier alpha value is -1.36. The summed E-state index contributed by atoms with van der Waals surface area (Å²) in [5, 5.41) is 3.92. The zero-order valence-corrected chi connectivity index (χ0v) is 11.2. The molecular weight excluding hydrogens is 251 g/mol. The third-order valence-electron chi connectivity index (χ3n) is 2.28. The van der Waals surface area contributed by atoms with E-state index in [1.54, 1.807) is 23.9 Å². The van der Waals surface area contributed by atoms with E-state index in [1.807, 2.05) is 0 Å². The quantitative estimate of drug-likeness (QED) is 0.773. The molecule has 1 aromatic heterocycles. The summed E-state index contributed by atoms with van der Waals surface area (Å²) in [7, 11) is 0. The molecule has 0 saturated heterocycles. The maximum absolute atomic E-state index is 12.7. The van der Waals surface area contributed by atoms with Crippen LogP contribution in [0.25, 0.3) is 0 Å². The van der Waals surface area contributed by atoms with E-state index in [0.29, 0.717) is 17.6 Å². The van der Waals surface area contributed by atoms with Crippen molar-refractivity contribution in [3.63, 3.8) is 0 Å². The van der Waals surface area contributed by atoms with E-state index in [0.717, 1.165) is 17.1 Å². The summed E-state index contributed by atoms with van der Waals surface area (Å²) in [6.07, 6.45) is 0.824. The average molecular weight is 266 g/mol. The highest BCUT2D eigenvalue weighted by Gasteiger charge is 2.08. The standard InChI is InChI=1S/C13H15FN2OS/c1-9(2)7-12-15-13(17-16-12)8-18-11-5-3-10(14)4-6-11/h3-6,9H,7-8H2,1-2H3. The Balaban J connectivity index is 1.90. The van der Waals surface area contributed by atoms with E-state index in [1.165, 1.54) is 12.1 Å². The van der Waals surface area contributed by atoms with Crippen LogP contribution >= 0.6 is 11.8 Å². The number of halogens is 1. The van der Waals surface area contributed by atoms with E-state index in [9.17, 15) is 4.39 Å². The smallest absolute Gasteiger partial charge is 0.237 e. The maximum atomic E-state index is 12.7. The van der Waals surface area contributed by atoms with Crippen LogP contribution in [0.15, 0.2) is 33.7 Å². The second-order valence-corrected chi connectivity index (χ2v) is 5.49. The van der Waals surface area contributed by atoms with E-state index in [4.69, 9.17) is 4.52 Å². The Morgan fingerprint density at radius 1 is 1.28 bits per heavy atom. The number of thioether (sulfide) groups is 1. The van der Waals surface area contributed by atoms with Gasteiger partial charge in [-0.1, -0.05) is 19.0 Å². The first-order chi connectivity index (χ1) is 8.63. The largest absolute Gasteiger partial charge is 0.338 e. The SMILES string of the molecule is CC(C)Cc1noc(CSc2ccc(F)cc2)n1. The van der Waals surface area contributed by atoms with Gasteiger partial charge in [-0.25, -0.2) is 4.39 Å². The van der Waals surface area contributed by atoms with Gasteiger partial charge in [0, 0.05) is 11.3 Å². The minimum Gasteiger partial charge on any atom is -0.338 e. The zero-order chi connectivity index (χ0) is 13.0. The van der Waals surface area contributed by atoms with Gasteiger partial charge in [0.2, 0.25) is 5.89 Å². The third-order valence-corrected chi connectivity index (χ3v) is 3.27. The van der Waals surface area contributed by atoms with Gasteiger partial charge in [-0.2, -0.15) is 4.98 Å². The van der Waals surface area contributed by atoms with Crippen molar-refractivity contribution in [1.82, 2.24) is 10.1 Å². The second kappa shape index (κ2) is 6.00. The molecule has 0 bridgehead atoms. The van der Waals surface area contributed by atoms with Gasteiger partial charge in [0.25, 0.3) is 0 Å². The van der Waals surface area contributed by atoms with Crippen LogP contribution in [0.2, 0.25) is 0 Å². The Labute approximate surface area is 110 Å². The van der Waals surface area contributed by atoms with E-state index >= 15 is 0 Å². The Kier molecular flexibility index (Phi) is 4.36. The molecule has 0 amide bonds. The fourth-order valence-corrected chi connectivity index (χ4v) is 2.21. The monoisotopic (exact) mass is 266 g/mol. The molecule has 0 atom stereocenters. The van der Waals surface area contributed by atoms with Crippen molar-refractivity contribution in [3.8, 4) is 0 Å². The minimum atomic E-state index is -0.226. The lowest BCUT2D eigenvalue weighted by Gasteiger charge is -1.97. The van der Waals surface area contributed by atoms with Gasteiger partial charge in [0.05, 0.1) is 5.75 Å². The lowest BCUT2D eigenvalue weighted by atomic mass is 10.1. The summed E-state index contributed by atoms with van der Waals surface area (Å²) < 4.78 is 17.9. The first-order valence-electron chi connectivity index (χ1n) is 5.83. The average Bonchev–Trinajstić information content (AvgIpc) is 2.75. The molecule has 18 heavy (non-hydrogen) atoms. The first-order valence-corrected chi connectivity index (χ1v) is 6.82. The van der Waals surface area contributed by atoms with Crippen molar-refractivity contribution in [3.05, 3.63) is 41.8 Å². The Morgan fingerprint density at radius 3 is 2.67 bits per heavy atom. The van der Waals surface area contributed by atoms with Gasteiger partial charge in [-0.15, -0.1) is 11.8 Å². The molecular formula is C13H15FN2OS. The van der Waals surface area contributed by atoms with Crippen LogP contribution in [0.5, 0.6) is 0 Å². The van der Waals surface area contributed by atoms with Crippen molar-refractivity contribution >= 4 is 11.8 Å². The molecule has 1 heterocycles. The molecule has 3 nitrogen and oxygen atoms in total. The fraction of sp³-hybridized carbons (Fsp3) is 0.385. The van der Waals surface area contributed by atoms with Gasteiger partial charge in [-0.3, -0.25) is 0 Å². The molecule has 0 unspecified atom stereocenters. The summed E-state index contributed by atoms with van der Waals surface area (Å²) in [6, 6.07) is 6.37. The molecule has 0 aliphatic rings. The van der Waals surface area contributed by atoms with Crippen LogP contribution in [0.3, 0.4) is 0 Å². The normalized spacial score (nSPS) is 11.1. The molecule has 2 aromatic rings. The van der Waals surface area contributed by atoms with Crippen LogP contribution in [0.1, 0.15) is 25.6 Å². The Morgan fingerprint density at radius 2 is 2.00 bits per heavy atom. The molecule has 0 aliphatic carbocycles. The van der Waals surface area contributed by atoms with Gasteiger partial charge >= 0.3 is 0 Å². The van der Waals surface area contributed by atoms with Crippen LogP contribution in [-0.4, -0.2) is 10.1 Å². The molecule has 1 aromatic carbocycles. The lowest BCUT2D eigenvalue weighted by molar-refractivity contribution is 0.382. The highest BCUT2D eigenvalue weighted by molar-refractivity contribution is 7.98. The topological polar surface area (TPSA) is 38.9 Å². The highest BCUT2D eigenvalue weighted by Crippen LogP contribution is 2.22. The number of aromatic nitrogens is 2. The van der Waals surface area contributed by atoms with E-state index in [2.05, 4.69) is 24.0 Å². The summed E-state index contributed by atoms with van der Waals surface area (Å²) in [5.74, 6) is 2.26. The molecule has 0 N–H and O–H groups in total. The van der Waals surface area contributed by atoms with Crippen molar-refractivity contribution in [2.75, 3.05) is 0 Å². The summed E-state index contributed by atoms with van der Waals surface area (Å²) in [6.45, 7) is 4.23. The predicted molar refractivity (Wildman–Crippen MR) is 68.8 cm³/mol. The molecule has 0 fully saturated rings. The molecule has 0 aliphatic heterocycles. The molecule has 0 radical (unpaired) electrons. The lowest BCUT2D eigenvalue weighted by Crippen LogP contribution is -1.96. The number of rotatable bonds is 5. The molecule has 96 valence electrons. The fourth-order valence-electron chi connectivity index (χ4n) is 1.47. The van der Waals surface area contributed by atoms with Gasteiger partial charge < -0.3 is 4.52 Å². The van der Waals surface area contributed by atoms with Crippen molar-refractivity contribution in [2.24, 2.45) is 5.92 Å². The second-order valence-electron chi connectivity index (χ2n) is 4.44. The molecule has 0 saturated carbocycles. The van der Waals surface area contributed by atoms with Gasteiger partial charge in [0.1, 0.15) is 5.82 Å². The number of hydrogen-bond acceptors (Lipinski definition) is 4. The van der Waals surface area contributed by atoms with Crippen molar-refractivity contribution in [1.29, 1.82) is 0 Å². The highest BCUT2D eigenvalue weighted by atomic mass is 32.2. The minimum absolute atomic E-state index is 0.226. The van der Waals surface area contributed by atoms with Gasteiger partial charge in [-0.05, 0) is 30.2 Å². The van der Waals surface area contributed by atoms with Gasteiger partial charge in [0.15, 0.2) is 5.82 Å². The summed E-state index contributed by atoms with van der Waals surface area (Å²) in [4.78, 5) is 5.30. The number of benzene rings is 1. The van der Waals surface area contributed by atoms with Crippen molar-refractivity contribution < 1.29 is 8.91 Å². The van der Waals surface area contributed by atoms with E-state index < -0.39 is 0 Å². The Bertz CT molecular complexity index is 496. The van der Waals surface area contributed by atoms with Crippen LogP contribution < -0.4 is 0 Å². The molecule has 0 spiro atoms. The number of nitrogens with zero attached hydrogens (tertiary/aromatic N) is 2.